The van der Waals surface area contributed by atoms with Crippen LogP contribution >= 0.6 is 0 Å². The van der Waals surface area contributed by atoms with Crippen molar-refractivity contribution in [3.05, 3.63) is 243 Å². The summed E-state index contributed by atoms with van der Waals surface area (Å²) in [5, 5.41) is 2.38. The average Bonchev–Trinajstić information content (AvgIpc) is 3.62. The van der Waals surface area contributed by atoms with Gasteiger partial charge in [0.25, 0.3) is 0 Å². The van der Waals surface area contributed by atoms with Gasteiger partial charge in [0, 0.05) is 67.6 Å². The van der Waals surface area contributed by atoms with Crippen LogP contribution in [0.3, 0.4) is 0 Å². The van der Waals surface area contributed by atoms with Crippen molar-refractivity contribution in [2.24, 2.45) is 0 Å². The minimum atomic E-state index is 1.08. The number of anilines is 9. The summed E-state index contributed by atoms with van der Waals surface area (Å²) in [6.07, 6.45) is 0. The third-order valence-electron chi connectivity index (χ3n) is 10.7. The summed E-state index contributed by atoms with van der Waals surface area (Å²) in [5.41, 5.74) is 13.2. The van der Waals surface area contributed by atoms with Gasteiger partial charge in [0.15, 0.2) is 0 Å². The van der Waals surface area contributed by atoms with Gasteiger partial charge in [0.2, 0.25) is 0 Å². The highest BCUT2D eigenvalue weighted by atomic mass is 15.2. The molecule has 0 bridgehead atoms. The molecule has 0 saturated heterocycles. The normalized spacial score (nSPS) is 11.1. The number of hydrogen-bond acceptors (Lipinski definition) is 3. The van der Waals surface area contributed by atoms with Crippen molar-refractivity contribution >= 4 is 73.0 Å². The summed E-state index contributed by atoms with van der Waals surface area (Å²) >= 11 is 0. The molecule has 0 amide bonds. The molecule has 10 aromatic rings. The third-order valence-corrected chi connectivity index (χ3v) is 10.7. The first-order valence-corrected chi connectivity index (χ1v) is 19.7. The van der Waals surface area contributed by atoms with Crippen LogP contribution in [0.5, 0.6) is 0 Å². The SMILES string of the molecule is c1ccc(N(c2ccccc2)c2ccc(-n3c4cc(N(c5ccccc5)c5ccccc5)ccc4c4ccc(N(c5ccccc5)c5ccccc5)cc43)cc2)cc1. The van der Waals surface area contributed by atoms with Gasteiger partial charge in [0.1, 0.15) is 0 Å². The lowest BCUT2D eigenvalue weighted by atomic mass is 10.1. The second kappa shape index (κ2) is 15.4. The minimum Gasteiger partial charge on any atom is -0.311 e. The van der Waals surface area contributed by atoms with Crippen LogP contribution in [-0.4, -0.2) is 4.57 Å². The van der Waals surface area contributed by atoms with E-state index >= 15 is 0 Å². The summed E-state index contributed by atoms with van der Waals surface area (Å²) in [6.45, 7) is 0. The summed E-state index contributed by atoms with van der Waals surface area (Å²) < 4.78 is 2.43. The lowest BCUT2D eigenvalue weighted by Gasteiger charge is -2.26. The Morgan fingerprint density at radius 2 is 0.466 bits per heavy atom. The van der Waals surface area contributed by atoms with Crippen LogP contribution in [0.4, 0.5) is 51.2 Å². The standard InChI is InChI=1S/C54H40N4/c1-7-19-41(20-8-1)55(42-21-9-2-10-22-42)47-31-33-48(34-32-47)58-53-39-49(56(43-23-11-3-12-24-43)44-25-13-4-14-26-44)35-37-51(53)52-38-36-50(40-54(52)58)57(45-27-15-5-16-28-45)46-29-17-6-18-30-46/h1-40H. The van der Waals surface area contributed by atoms with Crippen LogP contribution in [0, 0.1) is 0 Å². The number of aromatic nitrogens is 1. The number of nitrogens with zero attached hydrogens (tertiary/aromatic N) is 4. The highest BCUT2D eigenvalue weighted by Gasteiger charge is 2.20. The van der Waals surface area contributed by atoms with Crippen LogP contribution in [0.2, 0.25) is 0 Å². The molecule has 4 heteroatoms. The Labute approximate surface area is 339 Å². The molecule has 0 saturated carbocycles. The van der Waals surface area contributed by atoms with Crippen LogP contribution < -0.4 is 14.7 Å². The largest absolute Gasteiger partial charge is 0.311 e. The fourth-order valence-corrected chi connectivity index (χ4v) is 8.11. The predicted molar refractivity (Wildman–Crippen MR) is 245 cm³/mol. The van der Waals surface area contributed by atoms with Crippen molar-refractivity contribution in [3.63, 3.8) is 0 Å². The Balaban J connectivity index is 1.19. The third kappa shape index (κ3) is 6.53. The molecular formula is C54H40N4. The van der Waals surface area contributed by atoms with Gasteiger partial charge >= 0.3 is 0 Å². The van der Waals surface area contributed by atoms with E-state index in [1.165, 1.54) is 10.8 Å². The van der Waals surface area contributed by atoms with E-state index in [2.05, 4.69) is 262 Å². The van der Waals surface area contributed by atoms with Crippen LogP contribution in [-0.2, 0) is 0 Å². The van der Waals surface area contributed by atoms with Gasteiger partial charge in [-0.2, -0.15) is 0 Å². The van der Waals surface area contributed by atoms with Gasteiger partial charge in [-0.25, -0.2) is 0 Å². The molecular weight excluding hydrogens is 705 g/mol. The number of hydrogen-bond donors (Lipinski definition) is 0. The van der Waals surface area contributed by atoms with E-state index in [1.54, 1.807) is 0 Å². The molecule has 0 aliphatic rings. The fourth-order valence-electron chi connectivity index (χ4n) is 8.11. The van der Waals surface area contributed by atoms with Crippen molar-refractivity contribution in [3.8, 4) is 5.69 Å². The maximum absolute atomic E-state index is 2.43. The second-order valence-corrected chi connectivity index (χ2v) is 14.3. The van der Waals surface area contributed by atoms with Crippen LogP contribution in [0.25, 0.3) is 27.5 Å². The van der Waals surface area contributed by atoms with Crippen molar-refractivity contribution in [2.45, 2.75) is 0 Å². The van der Waals surface area contributed by atoms with Gasteiger partial charge in [-0.3, -0.25) is 0 Å². The Hall–Kier alpha value is -7.82. The van der Waals surface area contributed by atoms with Gasteiger partial charge in [-0.1, -0.05) is 121 Å². The number of para-hydroxylation sites is 6. The molecule has 1 aromatic heterocycles. The molecule has 0 radical (unpaired) electrons. The van der Waals surface area contributed by atoms with Crippen molar-refractivity contribution in [2.75, 3.05) is 14.7 Å². The van der Waals surface area contributed by atoms with E-state index in [0.717, 1.165) is 67.9 Å². The van der Waals surface area contributed by atoms with Crippen molar-refractivity contribution in [1.29, 1.82) is 0 Å². The van der Waals surface area contributed by atoms with Crippen LogP contribution in [0.1, 0.15) is 0 Å². The zero-order valence-electron chi connectivity index (χ0n) is 31.9. The maximum Gasteiger partial charge on any atom is 0.0561 e. The molecule has 9 aromatic carbocycles. The Kier molecular flexibility index (Phi) is 9.18. The van der Waals surface area contributed by atoms with Gasteiger partial charge in [0.05, 0.1) is 11.0 Å². The van der Waals surface area contributed by atoms with Crippen molar-refractivity contribution in [1.82, 2.24) is 4.57 Å². The molecule has 276 valence electrons. The molecule has 0 aliphatic carbocycles. The second-order valence-electron chi connectivity index (χ2n) is 14.3. The number of benzene rings is 9. The highest BCUT2D eigenvalue weighted by Crippen LogP contribution is 2.43. The average molecular weight is 745 g/mol. The van der Waals surface area contributed by atoms with E-state index in [1.807, 2.05) is 0 Å². The molecule has 4 nitrogen and oxygen atoms in total. The van der Waals surface area contributed by atoms with E-state index < -0.39 is 0 Å². The molecule has 10 rings (SSSR count). The van der Waals surface area contributed by atoms with Gasteiger partial charge < -0.3 is 19.3 Å². The van der Waals surface area contributed by atoms with E-state index in [-0.39, 0.29) is 0 Å². The Morgan fingerprint density at radius 3 is 0.759 bits per heavy atom. The topological polar surface area (TPSA) is 14.7 Å². The quantitative estimate of drug-likeness (QED) is 0.139. The summed E-state index contributed by atoms with van der Waals surface area (Å²) in [5.74, 6) is 0. The molecule has 0 spiro atoms. The Morgan fingerprint density at radius 1 is 0.224 bits per heavy atom. The number of fused-ring (bicyclic) bond motifs is 3. The first kappa shape index (κ1) is 34.7. The fraction of sp³-hybridized carbons (Fsp3) is 0. The highest BCUT2D eigenvalue weighted by molar-refractivity contribution is 6.11. The first-order chi connectivity index (χ1) is 28.8. The zero-order valence-corrected chi connectivity index (χ0v) is 31.9. The summed E-state index contributed by atoms with van der Waals surface area (Å²) in [6, 6.07) is 86.3. The van der Waals surface area contributed by atoms with E-state index in [9.17, 15) is 0 Å². The molecule has 0 aliphatic heterocycles. The lowest BCUT2D eigenvalue weighted by molar-refractivity contribution is 1.17. The summed E-state index contributed by atoms with van der Waals surface area (Å²) in [7, 11) is 0. The molecule has 0 atom stereocenters. The van der Waals surface area contributed by atoms with E-state index in [0.29, 0.717) is 0 Å². The zero-order chi connectivity index (χ0) is 38.7. The van der Waals surface area contributed by atoms with Crippen molar-refractivity contribution < 1.29 is 0 Å². The molecule has 1 heterocycles. The first-order valence-electron chi connectivity index (χ1n) is 19.7. The molecule has 0 fully saturated rings. The van der Waals surface area contributed by atoms with Gasteiger partial charge in [-0.15, -0.1) is 0 Å². The van der Waals surface area contributed by atoms with Gasteiger partial charge in [-0.05, 0) is 121 Å². The minimum absolute atomic E-state index is 1.08. The van der Waals surface area contributed by atoms with E-state index in [4.69, 9.17) is 0 Å². The Bertz CT molecular complexity index is 2660. The summed E-state index contributed by atoms with van der Waals surface area (Å²) in [4.78, 5) is 6.97. The monoisotopic (exact) mass is 744 g/mol. The number of rotatable bonds is 10. The molecule has 58 heavy (non-hydrogen) atoms. The lowest BCUT2D eigenvalue weighted by Crippen LogP contribution is -2.10. The molecule has 0 N–H and O–H groups in total. The smallest absolute Gasteiger partial charge is 0.0561 e. The molecule has 0 unspecified atom stereocenters. The predicted octanol–water partition coefficient (Wildman–Crippen LogP) is 15.2. The van der Waals surface area contributed by atoms with Crippen LogP contribution in [0.15, 0.2) is 243 Å². The maximum atomic E-state index is 2.43.